The molecule has 690 valence electrons. The molecular weight excluding hydrogens is 1680 g/mol. The van der Waals surface area contributed by atoms with Crippen LogP contribution >= 0.6 is 0 Å². The van der Waals surface area contributed by atoms with E-state index in [2.05, 4.69) is 29.6 Å². The second-order valence-electron chi connectivity index (χ2n) is 29.2. The Morgan fingerprint density at radius 1 is 0.277 bits per heavy atom. The Hall–Kier alpha value is -3.94. The third-order valence-electron chi connectivity index (χ3n) is 20.7. The second-order valence-corrected chi connectivity index (χ2v) is 31.4. The maximum atomic E-state index is 13.6. The Bertz CT molecular complexity index is 3510. The van der Waals surface area contributed by atoms with Crippen LogP contribution in [0.15, 0.2) is 0 Å². The predicted molar refractivity (Wildman–Crippen MR) is 363 cm³/mol. The lowest BCUT2D eigenvalue weighted by Gasteiger charge is -2.52. The fraction of sp³-hybridized carbons (Fsp3) is 0.935. The number of rotatable bonds is 32. The molecule has 0 radical (unpaired) electrons. The summed E-state index contributed by atoms with van der Waals surface area (Å²) in [6.45, 7) is -5.22. The molecule has 119 heavy (non-hydrogen) atoms. The van der Waals surface area contributed by atoms with Gasteiger partial charge in [-0.15, -0.1) is 0 Å². The number of nitrogens with one attached hydrogen (secondary N) is 4. The first-order valence-corrected chi connectivity index (χ1v) is 39.5. The van der Waals surface area contributed by atoms with E-state index in [1.54, 1.807) is 0 Å². The first kappa shape index (κ1) is 98.8. The van der Waals surface area contributed by atoms with Gasteiger partial charge >= 0.3 is 20.8 Å². The van der Waals surface area contributed by atoms with Gasteiger partial charge in [-0.25, -0.2) is 8.37 Å². The van der Waals surface area contributed by atoms with Crippen LogP contribution in [0.1, 0.15) is 34.6 Å². The molecule has 45 atom stereocenters. The summed E-state index contributed by atoms with van der Waals surface area (Å²) in [4.78, 5) is 51.4. The van der Waals surface area contributed by atoms with Gasteiger partial charge in [0.15, 0.2) is 56.6 Å². The Morgan fingerprint density at radius 2 is 0.605 bits per heavy atom. The molecule has 0 bridgehead atoms. The molecule has 9 aliphatic rings. The lowest BCUT2D eigenvalue weighted by Crippen LogP contribution is -2.71. The van der Waals surface area contributed by atoms with Gasteiger partial charge in [-0.05, 0) is 6.92 Å². The molecule has 28 N–H and O–H groups in total. The van der Waals surface area contributed by atoms with Crippen LogP contribution in [0.3, 0.4) is 0 Å². The van der Waals surface area contributed by atoms with E-state index in [4.69, 9.17) is 80.5 Å². The molecule has 55 nitrogen and oxygen atoms in total. The van der Waals surface area contributed by atoms with Crippen LogP contribution in [0.5, 0.6) is 0 Å². The molecule has 0 aliphatic carbocycles. The average molecular weight is 1790 g/mol. The molecule has 9 saturated heterocycles. The Labute approximate surface area is 673 Å². The van der Waals surface area contributed by atoms with Gasteiger partial charge in [0.2, 0.25) is 23.6 Å². The van der Waals surface area contributed by atoms with Crippen molar-refractivity contribution >= 4 is 44.4 Å². The molecule has 57 heteroatoms. The van der Waals surface area contributed by atoms with Gasteiger partial charge in [0.05, 0.1) is 59.0 Å². The van der Waals surface area contributed by atoms with Gasteiger partial charge in [0.1, 0.15) is 213 Å². The Balaban J connectivity index is 1.12. The minimum Gasteiger partial charge on any atom is -0.394 e. The van der Waals surface area contributed by atoms with E-state index < -0.39 is 373 Å². The molecule has 0 spiro atoms. The van der Waals surface area contributed by atoms with E-state index in [-0.39, 0.29) is 0 Å². The molecule has 9 fully saturated rings. The van der Waals surface area contributed by atoms with Crippen molar-refractivity contribution in [3.63, 3.8) is 0 Å². The van der Waals surface area contributed by atoms with Gasteiger partial charge in [-0.3, -0.25) is 28.3 Å². The van der Waals surface area contributed by atoms with Crippen LogP contribution in [0.2, 0.25) is 0 Å². The van der Waals surface area contributed by atoms with Crippen molar-refractivity contribution in [3.05, 3.63) is 0 Å². The lowest BCUT2D eigenvalue weighted by atomic mass is 9.93. The van der Waals surface area contributed by atoms with Crippen LogP contribution in [0, 0.1) is 0 Å². The number of aliphatic hydroxyl groups is 22. The van der Waals surface area contributed by atoms with Crippen LogP contribution in [0.25, 0.3) is 0 Å². The fourth-order valence-corrected chi connectivity index (χ4v) is 15.3. The number of carbonyl (C=O) groups is 4. The summed E-state index contributed by atoms with van der Waals surface area (Å²) < 4.78 is 178. The smallest absolute Gasteiger partial charge is 0.394 e. The van der Waals surface area contributed by atoms with E-state index in [9.17, 15) is 157 Å². The molecule has 0 aromatic heterocycles. The van der Waals surface area contributed by atoms with E-state index >= 15 is 0 Å². The van der Waals surface area contributed by atoms with Crippen molar-refractivity contribution in [2.75, 3.05) is 52.9 Å². The quantitative estimate of drug-likeness (QED) is 0.0278. The predicted octanol–water partition coefficient (Wildman–Crippen LogP) is -19.4. The number of hydrogen-bond donors (Lipinski definition) is 28. The van der Waals surface area contributed by atoms with Gasteiger partial charge in [-0.2, -0.15) is 16.8 Å². The third-order valence-corrected chi connectivity index (χ3v) is 21.6. The fourth-order valence-electron chi connectivity index (χ4n) is 14.7. The second kappa shape index (κ2) is 42.1. The maximum Gasteiger partial charge on any atom is 0.397 e. The largest absolute Gasteiger partial charge is 0.397 e. The van der Waals surface area contributed by atoms with Gasteiger partial charge < -0.3 is 214 Å². The Kier molecular flexibility index (Phi) is 35.0. The molecule has 9 heterocycles. The molecule has 0 unspecified atom stereocenters. The number of aliphatic hydroxyl groups excluding tert-OH is 22. The normalized spacial score (nSPS) is 47.0. The maximum absolute atomic E-state index is 13.6. The summed E-state index contributed by atoms with van der Waals surface area (Å²) in [5.41, 5.74) is 0. The molecular formula is C62H104N4O51S2. The number of carbonyl (C=O) groups excluding carboxylic acids is 4. The first-order chi connectivity index (χ1) is 55.8. The van der Waals surface area contributed by atoms with Gasteiger partial charge in [0.25, 0.3) is 0 Å². The summed E-state index contributed by atoms with van der Waals surface area (Å²) in [5.74, 6) is -3.91. The standard InChI is InChI=1S/C62H104N4O51S2/c1-14-31(76)40(85)44(89)58(102-14)114-50-30(66-18(5)75)57(110-26(13-101-119(96,97)98)49(50)113-59-45(90)41(86)32(77)19(6-67)104-59)117-53-43(88)34(79)21(8-69)106-62(53)115-51-36(81)24(11-99-61-52(42(87)33(78)20(7-68)105-61)116-55-28(64-16(3)73)37(82)35(80)25(108-55)12-100-118(93,94)95)109-60(46(51)91)112-48-23(10-71)107-56(29(39(48)84)65-17(4)74)111-47-22(9-70)103-54(92)27(38(47)83)63-15(2)72/h14,19-62,67-71,76-92H,6-13H2,1-5H3,(H,63,72)(H,64,73)(H,65,74)(H,66,75)(H,93,94,95)(H,96,97,98)/t14-,19+,20+,21+,22+,23+,24+,25+,26+,27+,28+,29-,30+,31+,32-,33+,34+,35+,36+,37+,38+,39+,40+,41-,42-,43-,44-,45+,46-,47+,48+,49+,50+,51-,52-,53-,54+,55-,56-,57-,58-,59-,60-,61-,62+/m0/s1. The van der Waals surface area contributed by atoms with Gasteiger partial charge in [-0.1, -0.05) is 0 Å². The van der Waals surface area contributed by atoms with Crippen LogP contribution in [-0.4, -0.2) is 491 Å². The SMILES string of the molecule is CC(=O)N[C@@H]1[C@H](O[C@H]2[C@H](O)[C@@H](NC(C)=O)[C@H](O)O[C@@H]2CO)O[C@H](CO)[C@@H](O[C@@H]2O[C@H](CO[C@H]3O[C@H](CO)[C@@H](O)[C@H](O)[C@@H]3O[C@@H]3O[C@H](COS(=O)(=O)O)[C@@H](O)[C@H](O)[C@H]3NC(C)=O)[C@@H](O)[C@H](O[C@H]3O[C@H](CO)[C@@H](O)[C@H](O)[C@@H]3O[C@@H]3O[C@H](COS(=O)(=O)O)[C@@H](O[C@@H]4O[C@H](CO)[C@H](O)[C@H](O)[C@H]4O)[C@H](O[C@@H]4O[C@@H](C)[C@@H](O)[C@@H](O)[C@@H]4O)[C@H]3NC(C)=O)[C@@H]2O)[C@@H]1O. The zero-order valence-electron chi connectivity index (χ0n) is 63.2. The highest BCUT2D eigenvalue weighted by atomic mass is 32.3. The van der Waals surface area contributed by atoms with Crippen LogP contribution in [0.4, 0.5) is 0 Å². The van der Waals surface area contributed by atoms with Crippen molar-refractivity contribution in [2.45, 2.75) is 311 Å². The number of hydrogen-bond acceptors (Lipinski definition) is 49. The summed E-state index contributed by atoms with van der Waals surface area (Å²) in [6, 6.07) is -7.86. The molecule has 9 rings (SSSR count). The number of ether oxygens (including phenoxy) is 17. The molecule has 0 saturated carbocycles. The van der Waals surface area contributed by atoms with Crippen molar-refractivity contribution in [3.8, 4) is 0 Å². The topological polar surface area (TPSA) is 846 Å². The van der Waals surface area contributed by atoms with E-state index in [0.29, 0.717) is 0 Å². The monoisotopic (exact) mass is 1780 g/mol. The van der Waals surface area contributed by atoms with E-state index in [1.807, 2.05) is 0 Å². The van der Waals surface area contributed by atoms with Crippen molar-refractivity contribution in [1.29, 1.82) is 0 Å². The highest BCUT2D eigenvalue weighted by Crippen LogP contribution is 2.41. The van der Waals surface area contributed by atoms with E-state index in [1.165, 1.54) is 0 Å². The highest BCUT2D eigenvalue weighted by molar-refractivity contribution is 7.81. The summed E-state index contributed by atoms with van der Waals surface area (Å²) in [6.07, 6.45) is -91.4. The lowest BCUT2D eigenvalue weighted by molar-refractivity contribution is -0.403. The summed E-state index contributed by atoms with van der Waals surface area (Å²) >= 11 is 0. The summed E-state index contributed by atoms with van der Waals surface area (Å²) in [7, 11) is -11.0. The first-order valence-electron chi connectivity index (χ1n) is 36.8. The Morgan fingerprint density at radius 3 is 1.12 bits per heavy atom. The van der Waals surface area contributed by atoms with Crippen LogP contribution in [-0.2, 0) is 129 Å². The van der Waals surface area contributed by atoms with E-state index in [0.717, 1.165) is 34.6 Å². The minimum absolute atomic E-state index is 0.820. The third kappa shape index (κ3) is 23.5. The molecule has 9 aliphatic heterocycles. The van der Waals surface area contributed by atoms with Crippen molar-refractivity contribution in [2.24, 2.45) is 0 Å². The highest BCUT2D eigenvalue weighted by Gasteiger charge is 2.62. The zero-order valence-corrected chi connectivity index (χ0v) is 64.8. The summed E-state index contributed by atoms with van der Waals surface area (Å²) in [5, 5.41) is 257. The molecule has 0 aromatic carbocycles. The van der Waals surface area contributed by atoms with Crippen LogP contribution < -0.4 is 21.3 Å². The van der Waals surface area contributed by atoms with Crippen molar-refractivity contribution in [1.82, 2.24) is 21.3 Å². The van der Waals surface area contributed by atoms with Crippen molar-refractivity contribution < 1.29 is 246 Å². The molecule has 4 amide bonds. The van der Waals surface area contributed by atoms with Gasteiger partial charge in [0, 0.05) is 27.7 Å². The zero-order chi connectivity index (χ0) is 88.2. The number of amides is 4. The minimum atomic E-state index is -5.64. The average Bonchev–Trinajstić information content (AvgIpc) is 0.757. The molecule has 0 aromatic rings.